The molecule has 0 aliphatic carbocycles. The van der Waals surface area contributed by atoms with Crippen LogP contribution in [0.25, 0.3) is 0 Å². The molecular formula is C10H12F2O. The molecule has 1 atom stereocenters. The van der Waals surface area contributed by atoms with E-state index in [9.17, 15) is 8.78 Å². The van der Waals surface area contributed by atoms with Gasteiger partial charge in [0, 0.05) is 18.1 Å². The Morgan fingerprint density at radius 3 is 2.46 bits per heavy atom. The molecule has 1 aromatic rings. The Hall–Kier alpha value is -0.960. The minimum atomic E-state index is -2.44. The Balaban J connectivity index is 2.91. The van der Waals surface area contributed by atoms with Gasteiger partial charge < -0.3 is 5.11 Å². The molecule has 0 unspecified atom stereocenters. The van der Waals surface area contributed by atoms with Crippen LogP contribution < -0.4 is 0 Å². The van der Waals surface area contributed by atoms with E-state index in [4.69, 9.17) is 5.11 Å². The maximum atomic E-state index is 12.3. The van der Waals surface area contributed by atoms with Crippen LogP contribution in [0.2, 0.25) is 0 Å². The largest absolute Gasteiger partial charge is 0.396 e. The first kappa shape index (κ1) is 10.1. The highest BCUT2D eigenvalue weighted by Crippen LogP contribution is 2.22. The normalized spacial score (nSPS) is 13.3. The van der Waals surface area contributed by atoms with Crippen LogP contribution in [0.4, 0.5) is 8.78 Å². The molecule has 0 saturated heterocycles. The zero-order chi connectivity index (χ0) is 9.84. The Labute approximate surface area is 76.0 Å². The lowest BCUT2D eigenvalue weighted by Gasteiger charge is -2.09. The van der Waals surface area contributed by atoms with Crippen molar-refractivity contribution in [2.45, 2.75) is 19.3 Å². The van der Waals surface area contributed by atoms with E-state index in [1.165, 1.54) is 12.1 Å². The molecule has 0 saturated carbocycles. The quantitative estimate of drug-likeness (QED) is 0.769. The van der Waals surface area contributed by atoms with Gasteiger partial charge in [0.1, 0.15) is 0 Å². The second kappa shape index (κ2) is 4.33. The molecule has 0 amide bonds. The molecule has 1 aromatic carbocycles. The number of halogens is 2. The Bertz CT molecular complexity index is 273. The maximum absolute atomic E-state index is 12.3. The van der Waals surface area contributed by atoms with Crippen LogP contribution >= 0.6 is 0 Å². The smallest absolute Gasteiger partial charge is 0.263 e. The van der Waals surface area contributed by atoms with E-state index in [1.807, 2.05) is 0 Å². The molecule has 0 radical (unpaired) electrons. The number of hydrogen-bond donors (Lipinski definition) is 1. The van der Waals surface area contributed by atoms with Gasteiger partial charge in [0.15, 0.2) is 0 Å². The van der Waals surface area contributed by atoms with Gasteiger partial charge >= 0.3 is 0 Å². The molecule has 0 bridgehead atoms. The summed E-state index contributed by atoms with van der Waals surface area (Å²) in [7, 11) is 0. The van der Waals surface area contributed by atoms with Crippen molar-refractivity contribution in [1.29, 1.82) is 0 Å². The molecule has 1 rings (SSSR count). The molecular weight excluding hydrogens is 174 g/mol. The highest BCUT2D eigenvalue weighted by molar-refractivity contribution is 5.26. The minimum Gasteiger partial charge on any atom is -0.396 e. The van der Waals surface area contributed by atoms with Crippen molar-refractivity contribution < 1.29 is 13.9 Å². The first-order valence-corrected chi connectivity index (χ1v) is 4.14. The first-order chi connectivity index (χ1) is 6.15. The lowest BCUT2D eigenvalue weighted by Crippen LogP contribution is -1.99. The first-order valence-electron chi connectivity index (χ1n) is 4.14. The van der Waals surface area contributed by atoms with Gasteiger partial charge in [0.25, 0.3) is 6.43 Å². The standard InChI is InChI=1S/C10H12F2O/c1-7(6-13)8-3-2-4-9(5-8)10(11)12/h2-5,7,10,13H,6H2,1H3/t7-/m1/s1. The minimum absolute atomic E-state index is 0.0119. The third-order valence-electron chi connectivity index (χ3n) is 2.01. The monoisotopic (exact) mass is 186 g/mol. The van der Waals surface area contributed by atoms with Crippen molar-refractivity contribution >= 4 is 0 Å². The summed E-state index contributed by atoms with van der Waals surface area (Å²) in [4.78, 5) is 0. The summed E-state index contributed by atoms with van der Waals surface area (Å²) in [5.41, 5.74) is 0.762. The molecule has 0 aliphatic heterocycles. The van der Waals surface area contributed by atoms with Gasteiger partial charge in [-0.3, -0.25) is 0 Å². The highest BCUT2D eigenvalue weighted by atomic mass is 19.3. The van der Waals surface area contributed by atoms with Crippen molar-refractivity contribution in [2.24, 2.45) is 0 Å². The molecule has 13 heavy (non-hydrogen) atoms. The van der Waals surface area contributed by atoms with E-state index in [1.54, 1.807) is 19.1 Å². The lowest BCUT2D eigenvalue weighted by atomic mass is 10.0. The SMILES string of the molecule is C[C@H](CO)c1cccc(C(F)F)c1. The highest BCUT2D eigenvalue weighted by Gasteiger charge is 2.09. The van der Waals surface area contributed by atoms with Crippen LogP contribution in [0, 0.1) is 0 Å². The van der Waals surface area contributed by atoms with E-state index in [0.29, 0.717) is 0 Å². The van der Waals surface area contributed by atoms with Crippen LogP contribution in [0.1, 0.15) is 30.4 Å². The van der Waals surface area contributed by atoms with Gasteiger partial charge in [-0.1, -0.05) is 25.1 Å². The zero-order valence-electron chi connectivity index (χ0n) is 7.37. The summed E-state index contributed by atoms with van der Waals surface area (Å²) < 4.78 is 24.5. The maximum Gasteiger partial charge on any atom is 0.263 e. The Morgan fingerprint density at radius 1 is 1.31 bits per heavy atom. The number of benzene rings is 1. The molecule has 72 valence electrons. The molecule has 0 spiro atoms. The fraction of sp³-hybridized carbons (Fsp3) is 0.400. The fourth-order valence-electron chi connectivity index (χ4n) is 1.11. The molecule has 0 aliphatic rings. The summed E-state index contributed by atoms with van der Waals surface area (Å²) >= 11 is 0. The average molecular weight is 186 g/mol. The van der Waals surface area contributed by atoms with Crippen LogP contribution in [-0.2, 0) is 0 Å². The lowest BCUT2D eigenvalue weighted by molar-refractivity contribution is 0.151. The zero-order valence-corrected chi connectivity index (χ0v) is 7.37. The summed E-state index contributed by atoms with van der Waals surface area (Å²) in [5.74, 6) is -0.0845. The third kappa shape index (κ3) is 2.49. The number of rotatable bonds is 3. The van der Waals surface area contributed by atoms with E-state index >= 15 is 0 Å². The Morgan fingerprint density at radius 2 is 1.92 bits per heavy atom. The summed E-state index contributed by atoms with van der Waals surface area (Å²) in [5, 5.41) is 8.83. The van der Waals surface area contributed by atoms with Crippen LogP contribution in [-0.4, -0.2) is 11.7 Å². The van der Waals surface area contributed by atoms with Crippen LogP contribution in [0.15, 0.2) is 24.3 Å². The fourth-order valence-corrected chi connectivity index (χ4v) is 1.11. The van der Waals surface area contributed by atoms with E-state index < -0.39 is 6.43 Å². The predicted octanol–water partition coefficient (Wildman–Crippen LogP) is 2.72. The summed E-state index contributed by atoms with van der Waals surface area (Å²) in [6.45, 7) is 1.78. The molecule has 0 heterocycles. The second-order valence-electron chi connectivity index (χ2n) is 3.05. The van der Waals surface area contributed by atoms with Gasteiger partial charge in [-0.05, 0) is 11.6 Å². The number of aliphatic hydroxyl groups is 1. The number of alkyl halides is 2. The van der Waals surface area contributed by atoms with E-state index in [-0.39, 0.29) is 18.1 Å². The van der Waals surface area contributed by atoms with Gasteiger partial charge in [-0.25, -0.2) is 8.78 Å². The van der Waals surface area contributed by atoms with Crippen LogP contribution in [0.3, 0.4) is 0 Å². The molecule has 0 fully saturated rings. The van der Waals surface area contributed by atoms with E-state index in [2.05, 4.69) is 0 Å². The van der Waals surface area contributed by atoms with Gasteiger partial charge in [-0.15, -0.1) is 0 Å². The Kier molecular flexibility index (Phi) is 3.37. The van der Waals surface area contributed by atoms with Crippen molar-refractivity contribution in [3.63, 3.8) is 0 Å². The third-order valence-corrected chi connectivity index (χ3v) is 2.01. The number of hydrogen-bond acceptors (Lipinski definition) is 1. The molecule has 0 aromatic heterocycles. The van der Waals surface area contributed by atoms with Crippen LogP contribution in [0.5, 0.6) is 0 Å². The van der Waals surface area contributed by atoms with Gasteiger partial charge in [0.05, 0.1) is 0 Å². The predicted molar refractivity (Wildman–Crippen MR) is 46.9 cm³/mol. The van der Waals surface area contributed by atoms with Gasteiger partial charge in [0.2, 0.25) is 0 Å². The van der Waals surface area contributed by atoms with Gasteiger partial charge in [-0.2, -0.15) is 0 Å². The summed E-state index contributed by atoms with van der Waals surface area (Å²) in [6.07, 6.45) is -2.44. The molecule has 1 N–H and O–H groups in total. The van der Waals surface area contributed by atoms with Crippen molar-refractivity contribution in [2.75, 3.05) is 6.61 Å². The van der Waals surface area contributed by atoms with Crippen molar-refractivity contribution in [3.8, 4) is 0 Å². The van der Waals surface area contributed by atoms with Crippen molar-refractivity contribution in [3.05, 3.63) is 35.4 Å². The topological polar surface area (TPSA) is 20.2 Å². The summed E-state index contributed by atoms with van der Waals surface area (Å²) in [6, 6.07) is 6.15. The number of aliphatic hydroxyl groups excluding tert-OH is 1. The molecule has 1 nitrogen and oxygen atoms in total. The van der Waals surface area contributed by atoms with E-state index in [0.717, 1.165) is 5.56 Å². The van der Waals surface area contributed by atoms with Crippen molar-refractivity contribution in [1.82, 2.24) is 0 Å². The molecule has 3 heteroatoms. The average Bonchev–Trinajstić information content (AvgIpc) is 2.17. The second-order valence-corrected chi connectivity index (χ2v) is 3.05.